The van der Waals surface area contributed by atoms with Crippen molar-refractivity contribution in [2.45, 2.75) is 6.42 Å². The van der Waals surface area contributed by atoms with Crippen LogP contribution in [-0.4, -0.2) is 0 Å². The number of benzene rings is 1. The molecule has 1 aromatic carbocycles. The fourth-order valence-corrected chi connectivity index (χ4v) is 0.838. The number of nitrogens with two attached hydrogens (primary N) is 2. The minimum absolute atomic E-state index is 0.226. The van der Waals surface area contributed by atoms with Crippen LogP contribution in [0.15, 0.2) is 18.2 Å². The minimum atomic E-state index is 0.226. The average Bonchev–Trinajstić information content (AvgIpc) is 2.12. The number of rotatable bonds is 0. The first-order chi connectivity index (χ1) is 6.24. The third-order valence-corrected chi connectivity index (χ3v) is 1.49. The molecule has 0 bridgehead atoms. The molecule has 0 radical (unpaired) electrons. The lowest BCUT2D eigenvalue weighted by molar-refractivity contribution is 1.39. The Labute approximate surface area is 77.0 Å². The molecule has 13 heavy (non-hydrogen) atoms. The molecule has 0 atom stereocenters. The van der Waals surface area contributed by atoms with Gasteiger partial charge in [-0.3, -0.25) is 0 Å². The zero-order valence-electron chi connectivity index (χ0n) is 7.04. The minimum Gasteiger partial charge on any atom is -0.397 e. The average molecular weight is 171 g/mol. The number of hydrogen-bond donors (Lipinski definition) is 2. The third kappa shape index (κ3) is 2.43. The summed E-state index contributed by atoms with van der Waals surface area (Å²) in [6, 6.07) is 7.10. The van der Waals surface area contributed by atoms with Gasteiger partial charge in [0.25, 0.3) is 0 Å². The van der Waals surface area contributed by atoms with Crippen LogP contribution in [0.5, 0.6) is 0 Å². The van der Waals surface area contributed by atoms with Crippen molar-refractivity contribution in [1.29, 1.82) is 5.26 Å². The summed E-state index contributed by atoms with van der Waals surface area (Å²) in [6.07, 6.45) is 0.226. The van der Waals surface area contributed by atoms with Gasteiger partial charge in [0.05, 0.1) is 23.9 Å². The third-order valence-electron chi connectivity index (χ3n) is 1.49. The molecule has 0 saturated heterocycles. The van der Waals surface area contributed by atoms with E-state index in [1.807, 2.05) is 6.07 Å². The van der Waals surface area contributed by atoms with E-state index in [1.165, 1.54) is 0 Å². The number of nitrogens with zero attached hydrogens (tertiary/aromatic N) is 1. The van der Waals surface area contributed by atoms with E-state index in [4.69, 9.17) is 16.7 Å². The maximum atomic E-state index is 8.25. The van der Waals surface area contributed by atoms with Gasteiger partial charge in [-0.15, -0.1) is 0 Å². The Balaban J connectivity index is 2.89. The van der Waals surface area contributed by atoms with Crippen molar-refractivity contribution in [3.05, 3.63) is 23.8 Å². The number of nitrogen functional groups attached to an aromatic ring is 2. The fraction of sp³-hybridized carbons (Fsp3) is 0.100. The predicted octanol–water partition coefficient (Wildman–Crippen LogP) is 1.12. The normalized spacial score (nSPS) is 8.23. The Morgan fingerprint density at radius 1 is 1.23 bits per heavy atom. The van der Waals surface area contributed by atoms with Crippen LogP contribution >= 0.6 is 0 Å². The first-order valence-electron chi connectivity index (χ1n) is 3.75. The molecular weight excluding hydrogens is 162 g/mol. The molecule has 3 nitrogen and oxygen atoms in total. The van der Waals surface area contributed by atoms with Gasteiger partial charge in [0.1, 0.15) is 0 Å². The summed E-state index contributed by atoms with van der Waals surface area (Å²) in [7, 11) is 0. The van der Waals surface area contributed by atoms with Crippen LogP contribution < -0.4 is 11.5 Å². The van der Waals surface area contributed by atoms with Gasteiger partial charge in [0, 0.05) is 5.56 Å². The summed E-state index contributed by atoms with van der Waals surface area (Å²) in [4.78, 5) is 0. The standard InChI is InChI=1S/C10H9N3/c11-6-2-1-3-8-4-5-9(12)10(13)7-8/h4-5,7H,2,12-13H2. The Kier molecular flexibility index (Phi) is 2.78. The fourth-order valence-electron chi connectivity index (χ4n) is 0.838. The van der Waals surface area contributed by atoms with Gasteiger partial charge in [-0.2, -0.15) is 5.26 Å². The highest BCUT2D eigenvalue weighted by molar-refractivity contribution is 5.65. The van der Waals surface area contributed by atoms with Crippen LogP contribution in [0.1, 0.15) is 12.0 Å². The van der Waals surface area contributed by atoms with E-state index >= 15 is 0 Å². The Morgan fingerprint density at radius 2 is 2.00 bits per heavy atom. The first-order valence-corrected chi connectivity index (χ1v) is 3.75. The Bertz CT molecular complexity index is 404. The van der Waals surface area contributed by atoms with E-state index in [0.717, 1.165) is 5.56 Å². The maximum absolute atomic E-state index is 8.25. The monoisotopic (exact) mass is 171 g/mol. The highest BCUT2D eigenvalue weighted by Gasteiger charge is 1.93. The zero-order valence-corrected chi connectivity index (χ0v) is 7.04. The predicted molar refractivity (Wildman–Crippen MR) is 52.4 cm³/mol. The summed E-state index contributed by atoms with van der Waals surface area (Å²) in [5, 5.41) is 8.25. The van der Waals surface area contributed by atoms with Crippen LogP contribution in [0, 0.1) is 23.2 Å². The lowest BCUT2D eigenvalue weighted by atomic mass is 10.2. The van der Waals surface area contributed by atoms with E-state index in [0.29, 0.717) is 11.4 Å². The van der Waals surface area contributed by atoms with Crippen LogP contribution in [0.2, 0.25) is 0 Å². The van der Waals surface area contributed by atoms with E-state index < -0.39 is 0 Å². The molecule has 0 amide bonds. The number of hydrogen-bond acceptors (Lipinski definition) is 3. The molecule has 0 fully saturated rings. The molecule has 64 valence electrons. The molecule has 0 aliphatic heterocycles. The van der Waals surface area contributed by atoms with Gasteiger partial charge >= 0.3 is 0 Å². The number of nitriles is 1. The molecule has 0 heterocycles. The maximum Gasteiger partial charge on any atom is 0.0966 e. The molecule has 0 aliphatic carbocycles. The largest absolute Gasteiger partial charge is 0.397 e. The van der Waals surface area contributed by atoms with Crippen molar-refractivity contribution >= 4 is 11.4 Å². The van der Waals surface area contributed by atoms with Crippen molar-refractivity contribution < 1.29 is 0 Å². The molecular formula is C10H9N3. The van der Waals surface area contributed by atoms with Gasteiger partial charge in [-0.1, -0.05) is 11.8 Å². The summed E-state index contributed by atoms with van der Waals surface area (Å²) in [6.45, 7) is 0. The second-order valence-corrected chi connectivity index (χ2v) is 2.48. The van der Waals surface area contributed by atoms with Gasteiger partial charge in [0.2, 0.25) is 0 Å². The van der Waals surface area contributed by atoms with Crippen LogP contribution in [0.4, 0.5) is 11.4 Å². The summed E-state index contributed by atoms with van der Waals surface area (Å²) in [5.74, 6) is 5.50. The summed E-state index contributed by atoms with van der Waals surface area (Å²) in [5.41, 5.74) is 12.9. The van der Waals surface area contributed by atoms with Crippen LogP contribution in [0.25, 0.3) is 0 Å². The van der Waals surface area contributed by atoms with Gasteiger partial charge < -0.3 is 11.5 Å². The summed E-state index contributed by atoms with van der Waals surface area (Å²) >= 11 is 0. The molecule has 0 unspecified atom stereocenters. The topological polar surface area (TPSA) is 75.8 Å². The SMILES string of the molecule is N#CCC#Cc1ccc(N)c(N)c1. The van der Waals surface area contributed by atoms with Crippen molar-refractivity contribution in [2.24, 2.45) is 0 Å². The van der Waals surface area contributed by atoms with E-state index in [2.05, 4.69) is 11.8 Å². The summed E-state index contributed by atoms with van der Waals surface area (Å²) < 4.78 is 0. The lowest BCUT2D eigenvalue weighted by Gasteiger charge is -1.98. The molecule has 0 saturated carbocycles. The van der Waals surface area contributed by atoms with Gasteiger partial charge in [0.15, 0.2) is 0 Å². The van der Waals surface area contributed by atoms with Crippen LogP contribution in [-0.2, 0) is 0 Å². The second-order valence-electron chi connectivity index (χ2n) is 2.48. The highest BCUT2D eigenvalue weighted by Crippen LogP contribution is 2.14. The van der Waals surface area contributed by atoms with Crippen LogP contribution in [0.3, 0.4) is 0 Å². The Morgan fingerprint density at radius 3 is 2.62 bits per heavy atom. The zero-order chi connectivity index (χ0) is 9.68. The molecule has 0 aliphatic rings. The van der Waals surface area contributed by atoms with Crippen molar-refractivity contribution in [3.8, 4) is 17.9 Å². The molecule has 3 heteroatoms. The quantitative estimate of drug-likeness (QED) is 0.453. The van der Waals surface area contributed by atoms with Crippen molar-refractivity contribution in [3.63, 3.8) is 0 Å². The van der Waals surface area contributed by atoms with E-state index in [-0.39, 0.29) is 6.42 Å². The molecule has 0 spiro atoms. The van der Waals surface area contributed by atoms with Crippen molar-refractivity contribution in [2.75, 3.05) is 11.5 Å². The van der Waals surface area contributed by atoms with E-state index in [9.17, 15) is 0 Å². The first kappa shape index (κ1) is 8.96. The van der Waals surface area contributed by atoms with Gasteiger partial charge in [-0.25, -0.2) is 0 Å². The molecule has 4 N–H and O–H groups in total. The van der Waals surface area contributed by atoms with Crippen molar-refractivity contribution in [1.82, 2.24) is 0 Å². The Hall–Kier alpha value is -2.13. The molecule has 0 aromatic heterocycles. The highest BCUT2D eigenvalue weighted by atomic mass is 14.7. The molecule has 1 aromatic rings. The van der Waals surface area contributed by atoms with Gasteiger partial charge in [-0.05, 0) is 18.2 Å². The number of anilines is 2. The second kappa shape index (κ2) is 4.04. The smallest absolute Gasteiger partial charge is 0.0966 e. The molecule has 1 rings (SSSR count). The lowest BCUT2D eigenvalue weighted by Crippen LogP contribution is -1.94. The van der Waals surface area contributed by atoms with E-state index in [1.54, 1.807) is 18.2 Å².